The Morgan fingerprint density at radius 2 is 1.94 bits per heavy atom. The molecular weight excluding hydrogens is 444 g/mol. The van der Waals surface area contributed by atoms with E-state index in [1.54, 1.807) is 6.20 Å². The summed E-state index contributed by atoms with van der Waals surface area (Å²) in [6, 6.07) is 7.92. The van der Waals surface area contributed by atoms with Gasteiger partial charge < -0.3 is 20.5 Å². The molecular formula is C26H36N6O3. The number of anilines is 2. The number of ether oxygens (including phenoxy) is 1. The molecule has 0 atom stereocenters. The van der Waals surface area contributed by atoms with Crippen molar-refractivity contribution in [3.05, 3.63) is 41.6 Å². The molecule has 3 N–H and O–H groups in total. The molecule has 2 fully saturated rings. The van der Waals surface area contributed by atoms with Crippen LogP contribution in [0.4, 0.5) is 17.5 Å². The molecule has 9 nitrogen and oxygen atoms in total. The maximum absolute atomic E-state index is 13.2. The van der Waals surface area contributed by atoms with Crippen molar-refractivity contribution in [3.8, 4) is 0 Å². The number of aliphatic hydroxyl groups is 1. The van der Waals surface area contributed by atoms with Crippen LogP contribution in [0.2, 0.25) is 0 Å². The van der Waals surface area contributed by atoms with Gasteiger partial charge in [-0.25, -0.2) is 9.98 Å². The highest BCUT2D eigenvalue weighted by molar-refractivity contribution is 6.07. The van der Waals surface area contributed by atoms with E-state index in [-0.39, 0.29) is 12.0 Å². The second kappa shape index (κ2) is 12.7. The number of hydrogen-bond donors (Lipinski definition) is 3. The molecule has 1 aromatic heterocycles. The number of aliphatic hydroxyl groups excluding tert-OH is 1. The van der Waals surface area contributed by atoms with Crippen molar-refractivity contribution in [2.45, 2.75) is 58.1 Å². The van der Waals surface area contributed by atoms with Gasteiger partial charge in [0, 0.05) is 43.8 Å². The summed E-state index contributed by atoms with van der Waals surface area (Å²) < 4.78 is 5.41. The van der Waals surface area contributed by atoms with Crippen LogP contribution >= 0.6 is 0 Å². The van der Waals surface area contributed by atoms with Crippen molar-refractivity contribution in [1.82, 2.24) is 14.9 Å². The lowest BCUT2D eigenvalue weighted by molar-refractivity contribution is 0.0342. The van der Waals surface area contributed by atoms with Gasteiger partial charge in [0.15, 0.2) is 5.82 Å². The fourth-order valence-corrected chi connectivity index (χ4v) is 4.19. The zero-order chi connectivity index (χ0) is 24.5. The maximum atomic E-state index is 13.2. The number of hydrogen-bond acceptors (Lipinski definition) is 8. The van der Waals surface area contributed by atoms with Gasteiger partial charge in [-0.2, -0.15) is 4.98 Å². The number of nitrogens with one attached hydrogen (secondary N) is 2. The van der Waals surface area contributed by atoms with Crippen LogP contribution in [-0.4, -0.2) is 70.5 Å². The largest absolute Gasteiger partial charge is 0.393 e. The van der Waals surface area contributed by atoms with Gasteiger partial charge in [0.1, 0.15) is 5.56 Å². The van der Waals surface area contributed by atoms with E-state index >= 15 is 0 Å². The summed E-state index contributed by atoms with van der Waals surface area (Å²) in [4.78, 5) is 29.1. The zero-order valence-electron chi connectivity index (χ0n) is 20.5. The molecule has 1 aliphatic heterocycles. The molecule has 2 heterocycles. The van der Waals surface area contributed by atoms with Crippen molar-refractivity contribution in [1.29, 1.82) is 0 Å². The van der Waals surface area contributed by atoms with Crippen LogP contribution in [-0.2, 0) is 11.3 Å². The minimum Gasteiger partial charge on any atom is -0.393 e. The number of aliphatic imine (C=N–C) groups is 1. The third-order valence-electron chi connectivity index (χ3n) is 6.34. The summed E-state index contributed by atoms with van der Waals surface area (Å²) in [6.45, 7) is 7.18. The number of benzene rings is 1. The van der Waals surface area contributed by atoms with Crippen molar-refractivity contribution in [2.24, 2.45) is 4.99 Å². The van der Waals surface area contributed by atoms with E-state index in [1.165, 1.54) is 5.56 Å². The molecule has 0 bridgehead atoms. The summed E-state index contributed by atoms with van der Waals surface area (Å²) in [6.07, 6.45) is 6.11. The van der Waals surface area contributed by atoms with Crippen molar-refractivity contribution in [2.75, 3.05) is 43.5 Å². The molecule has 1 saturated carbocycles. The molecule has 1 saturated heterocycles. The Hall–Kier alpha value is -2.88. The zero-order valence-corrected chi connectivity index (χ0v) is 20.5. The molecule has 0 unspecified atom stereocenters. The van der Waals surface area contributed by atoms with Crippen LogP contribution in [0.25, 0.3) is 0 Å². The summed E-state index contributed by atoms with van der Waals surface area (Å²) in [5.74, 6) is 0.547. The highest BCUT2D eigenvalue weighted by atomic mass is 16.5. The number of carbonyl (C=O) groups is 1. The van der Waals surface area contributed by atoms with Crippen molar-refractivity contribution < 1.29 is 14.6 Å². The monoisotopic (exact) mass is 480 g/mol. The number of aromatic nitrogens is 2. The number of morpholine rings is 1. The van der Waals surface area contributed by atoms with Gasteiger partial charge in [0.25, 0.3) is 5.91 Å². The van der Waals surface area contributed by atoms with E-state index < -0.39 is 0 Å². The normalized spacial score (nSPS) is 18.8. The average molecular weight is 481 g/mol. The Kier molecular flexibility index (Phi) is 9.16. The fraction of sp³-hybridized carbons (Fsp3) is 0.538. The van der Waals surface area contributed by atoms with Crippen LogP contribution in [0.15, 0.2) is 35.5 Å². The first-order valence-corrected chi connectivity index (χ1v) is 12.7. The van der Waals surface area contributed by atoms with Crippen LogP contribution in [0.3, 0.4) is 0 Å². The van der Waals surface area contributed by atoms with Gasteiger partial charge in [0.2, 0.25) is 5.95 Å². The predicted molar refractivity (Wildman–Crippen MR) is 137 cm³/mol. The standard InChI is InChI=1S/C26H36N6O3/c1-2-3-12-27-26-28-17-23(24(31-26)29-20-8-10-22(33)11-9-20)25(34)30-21-6-4-19(5-7-21)18-32-13-15-35-16-14-32/h4-7,17,22,33H,2-3,8-16,18H2,1H3,(H,30,34)(H,27,28,31). The lowest BCUT2D eigenvalue weighted by Crippen LogP contribution is -2.35. The van der Waals surface area contributed by atoms with E-state index in [0.717, 1.165) is 57.9 Å². The van der Waals surface area contributed by atoms with Gasteiger partial charge in [-0.1, -0.05) is 25.5 Å². The molecule has 35 heavy (non-hydrogen) atoms. The second-order valence-electron chi connectivity index (χ2n) is 9.16. The second-order valence-corrected chi connectivity index (χ2v) is 9.16. The number of nitrogens with zero attached hydrogens (tertiary/aromatic N) is 4. The quantitative estimate of drug-likeness (QED) is 0.468. The Bertz CT molecular complexity index is 995. The van der Waals surface area contributed by atoms with E-state index in [2.05, 4.69) is 32.4 Å². The molecule has 188 valence electrons. The smallest absolute Gasteiger partial charge is 0.261 e. The summed E-state index contributed by atoms with van der Waals surface area (Å²) >= 11 is 0. The summed E-state index contributed by atoms with van der Waals surface area (Å²) in [5.41, 5.74) is 3.20. The first-order chi connectivity index (χ1) is 17.1. The molecule has 2 aromatic rings. The number of unbranched alkanes of at least 4 members (excludes halogenated alkanes) is 1. The van der Waals surface area contributed by atoms with E-state index in [1.807, 2.05) is 24.3 Å². The van der Waals surface area contributed by atoms with Crippen molar-refractivity contribution in [3.63, 3.8) is 0 Å². The van der Waals surface area contributed by atoms with Crippen LogP contribution in [0.1, 0.15) is 61.4 Å². The molecule has 1 aliphatic carbocycles. The molecule has 2 aliphatic rings. The van der Waals surface area contributed by atoms with Gasteiger partial charge in [-0.05, 0) is 49.8 Å². The van der Waals surface area contributed by atoms with Crippen LogP contribution in [0, 0.1) is 0 Å². The van der Waals surface area contributed by atoms with Gasteiger partial charge in [-0.3, -0.25) is 9.69 Å². The van der Waals surface area contributed by atoms with E-state index in [0.29, 0.717) is 48.7 Å². The average Bonchev–Trinajstić information content (AvgIpc) is 2.87. The molecule has 0 spiro atoms. The predicted octanol–water partition coefficient (Wildman–Crippen LogP) is 3.78. The van der Waals surface area contributed by atoms with Gasteiger partial charge in [-0.15, -0.1) is 0 Å². The minimum absolute atomic E-state index is 0.278. The summed E-state index contributed by atoms with van der Waals surface area (Å²) in [5, 5.41) is 16.0. The fourth-order valence-electron chi connectivity index (χ4n) is 4.19. The molecule has 0 radical (unpaired) electrons. The molecule has 1 aromatic carbocycles. The van der Waals surface area contributed by atoms with E-state index in [4.69, 9.17) is 9.73 Å². The van der Waals surface area contributed by atoms with E-state index in [9.17, 15) is 9.90 Å². The minimum atomic E-state index is -0.291. The Morgan fingerprint density at radius 1 is 1.20 bits per heavy atom. The van der Waals surface area contributed by atoms with Gasteiger partial charge in [0.05, 0.1) is 19.3 Å². The van der Waals surface area contributed by atoms with Gasteiger partial charge >= 0.3 is 0 Å². The lowest BCUT2D eigenvalue weighted by Gasteiger charge is -2.26. The highest BCUT2D eigenvalue weighted by Gasteiger charge is 2.19. The Balaban J connectivity index is 1.46. The molecule has 9 heteroatoms. The number of rotatable bonds is 9. The number of carbonyl (C=O) groups excluding carboxylic acids is 1. The van der Waals surface area contributed by atoms with Crippen LogP contribution in [0.5, 0.6) is 0 Å². The first kappa shape index (κ1) is 25.2. The Labute approximate surface area is 207 Å². The topological polar surface area (TPSA) is 112 Å². The third-order valence-corrected chi connectivity index (χ3v) is 6.34. The van der Waals surface area contributed by atoms with Crippen molar-refractivity contribution >= 4 is 29.1 Å². The SMILES string of the molecule is CCCCNc1ncc(C(=O)Nc2ccc(CN3CCOCC3)cc2)c(N=C2CCC(O)CC2)n1. The highest BCUT2D eigenvalue weighted by Crippen LogP contribution is 2.24. The third kappa shape index (κ3) is 7.55. The molecule has 1 amide bonds. The lowest BCUT2D eigenvalue weighted by atomic mass is 9.96. The maximum Gasteiger partial charge on any atom is 0.261 e. The number of amides is 1. The first-order valence-electron chi connectivity index (χ1n) is 12.7. The van der Waals surface area contributed by atoms with Crippen LogP contribution < -0.4 is 10.6 Å². The molecule has 4 rings (SSSR count). The Morgan fingerprint density at radius 3 is 2.66 bits per heavy atom. The summed E-state index contributed by atoms with van der Waals surface area (Å²) in [7, 11) is 0.